The van der Waals surface area contributed by atoms with E-state index >= 15 is 0 Å². The van der Waals surface area contributed by atoms with Gasteiger partial charge in [0.2, 0.25) is 6.29 Å². The summed E-state index contributed by atoms with van der Waals surface area (Å²) in [5.74, 6) is -2.08. The molecule has 12 nitrogen and oxygen atoms in total. The molecule has 5 unspecified atom stereocenters. The standard InChI is InChI=1S/C22H28N2O10S/c1-11(25)30-10-17-19(31-12(2)26)20(32-13(3)27)18(21(34-17)33-14(4)28)24-22(35)23-15-6-8-16(29-5)9-7-15/h6-9,17-21H,10H2,1-5H3,(H2,23,24,35). The Morgan fingerprint density at radius 3 is 1.97 bits per heavy atom. The molecule has 2 N–H and O–H groups in total. The van der Waals surface area contributed by atoms with Gasteiger partial charge >= 0.3 is 23.9 Å². The lowest BCUT2D eigenvalue weighted by molar-refractivity contribution is -0.269. The third-order valence-electron chi connectivity index (χ3n) is 4.63. The van der Waals surface area contributed by atoms with E-state index in [0.717, 1.165) is 20.8 Å². The maximum absolute atomic E-state index is 11.9. The first kappa shape index (κ1) is 27.8. The summed E-state index contributed by atoms with van der Waals surface area (Å²) in [6, 6.07) is 5.77. The maximum atomic E-state index is 11.9. The molecule has 0 bridgehead atoms. The number of anilines is 1. The lowest BCUT2D eigenvalue weighted by atomic mass is 9.96. The van der Waals surface area contributed by atoms with E-state index in [1.807, 2.05) is 0 Å². The van der Waals surface area contributed by atoms with E-state index in [0.29, 0.717) is 11.4 Å². The highest BCUT2D eigenvalue weighted by molar-refractivity contribution is 7.80. The smallest absolute Gasteiger partial charge is 0.305 e. The van der Waals surface area contributed by atoms with Gasteiger partial charge in [-0.3, -0.25) is 19.2 Å². The van der Waals surface area contributed by atoms with Gasteiger partial charge in [-0.1, -0.05) is 0 Å². The quantitative estimate of drug-likeness (QED) is 0.291. The average Bonchev–Trinajstić information content (AvgIpc) is 2.76. The first-order valence-corrected chi connectivity index (χ1v) is 10.9. The van der Waals surface area contributed by atoms with Gasteiger partial charge in [0.25, 0.3) is 0 Å². The minimum absolute atomic E-state index is 0.0677. The molecular formula is C22H28N2O10S. The molecule has 1 heterocycles. The number of hydrogen-bond donors (Lipinski definition) is 2. The molecule has 192 valence electrons. The number of hydrogen-bond acceptors (Lipinski definition) is 11. The summed E-state index contributed by atoms with van der Waals surface area (Å²) in [4.78, 5) is 46.9. The van der Waals surface area contributed by atoms with Gasteiger partial charge in [0.1, 0.15) is 24.5 Å². The number of carbonyl (C=O) groups excluding carboxylic acids is 4. The molecule has 1 aromatic carbocycles. The molecule has 1 aliphatic heterocycles. The Morgan fingerprint density at radius 2 is 1.46 bits per heavy atom. The first-order valence-electron chi connectivity index (χ1n) is 10.5. The summed E-state index contributed by atoms with van der Waals surface area (Å²) in [6.07, 6.45) is -4.91. The van der Waals surface area contributed by atoms with Crippen LogP contribution in [-0.2, 0) is 42.9 Å². The molecule has 0 spiro atoms. The third kappa shape index (κ3) is 8.68. The molecule has 1 aliphatic rings. The minimum atomic E-state index is -1.35. The van der Waals surface area contributed by atoms with Gasteiger partial charge in [0, 0.05) is 33.4 Å². The molecule has 1 fully saturated rings. The van der Waals surface area contributed by atoms with Crippen LogP contribution in [0.3, 0.4) is 0 Å². The zero-order valence-corrected chi connectivity index (χ0v) is 20.7. The molecule has 5 atom stereocenters. The average molecular weight is 513 g/mol. The highest BCUT2D eigenvalue weighted by Crippen LogP contribution is 2.28. The van der Waals surface area contributed by atoms with Crippen molar-refractivity contribution in [2.75, 3.05) is 19.0 Å². The van der Waals surface area contributed by atoms with Crippen LogP contribution in [0.1, 0.15) is 27.7 Å². The fraction of sp³-hybridized carbons (Fsp3) is 0.500. The Balaban J connectivity index is 2.35. The van der Waals surface area contributed by atoms with E-state index in [2.05, 4.69) is 10.6 Å². The molecule has 0 aromatic heterocycles. The topological polar surface area (TPSA) is 148 Å². The summed E-state index contributed by atoms with van der Waals surface area (Å²) < 4.78 is 32.1. The van der Waals surface area contributed by atoms with Gasteiger partial charge in [-0.25, -0.2) is 0 Å². The molecule has 2 rings (SSSR count). The first-order chi connectivity index (χ1) is 16.5. The Hall–Kier alpha value is -3.45. The van der Waals surface area contributed by atoms with Crippen LogP contribution in [0.25, 0.3) is 0 Å². The maximum Gasteiger partial charge on any atom is 0.305 e. The van der Waals surface area contributed by atoms with E-state index in [-0.39, 0.29) is 11.7 Å². The van der Waals surface area contributed by atoms with Gasteiger partial charge in [0.05, 0.1) is 7.11 Å². The third-order valence-corrected chi connectivity index (χ3v) is 4.85. The van der Waals surface area contributed by atoms with Gasteiger partial charge < -0.3 is 39.1 Å². The van der Waals surface area contributed by atoms with Crippen molar-refractivity contribution in [3.63, 3.8) is 0 Å². The second kappa shape index (κ2) is 12.9. The van der Waals surface area contributed by atoms with Crippen molar-refractivity contribution in [3.05, 3.63) is 24.3 Å². The highest BCUT2D eigenvalue weighted by atomic mass is 32.1. The van der Waals surface area contributed by atoms with Crippen molar-refractivity contribution in [1.29, 1.82) is 0 Å². The van der Waals surface area contributed by atoms with Gasteiger partial charge in [-0.2, -0.15) is 0 Å². The van der Waals surface area contributed by atoms with Crippen LogP contribution in [-0.4, -0.2) is 73.4 Å². The number of carbonyl (C=O) groups is 4. The summed E-state index contributed by atoms with van der Waals surface area (Å²) in [5.41, 5.74) is 0.609. The summed E-state index contributed by atoms with van der Waals surface area (Å²) in [6.45, 7) is 4.31. The minimum Gasteiger partial charge on any atom is -0.497 e. The zero-order chi connectivity index (χ0) is 26.1. The number of rotatable bonds is 8. The van der Waals surface area contributed by atoms with E-state index in [4.69, 9.17) is 40.6 Å². The van der Waals surface area contributed by atoms with Gasteiger partial charge in [-0.05, 0) is 36.5 Å². The molecular weight excluding hydrogens is 484 g/mol. The molecule has 35 heavy (non-hydrogen) atoms. The van der Waals surface area contributed by atoms with Gasteiger partial charge in [-0.15, -0.1) is 0 Å². The highest BCUT2D eigenvalue weighted by Gasteiger charge is 2.52. The van der Waals surface area contributed by atoms with E-state index in [9.17, 15) is 19.2 Å². The van der Waals surface area contributed by atoms with E-state index in [1.54, 1.807) is 24.3 Å². The number of methoxy groups -OCH3 is 1. The van der Waals surface area contributed by atoms with Crippen LogP contribution < -0.4 is 15.4 Å². The van der Waals surface area contributed by atoms with E-state index < -0.39 is 54.5 Å². The molecule has 0 aliphatic carbocycles. The molecule has 1 saturated heterocycles. The predicted octanol–water partition coefficient (Wildman–Crippen LogP) is 1.06. The number of benzene rings is 1. The fourth-order valence-electron chi connectivity index (χ4n) is 3.31. The van der Waals surface area contributed by atoms with Crippen molar-refractivity contribution in [1.82, 2.24) is 5.32 Å². The lowest BCUT2D eigenvalue weighted by Crippen LogP contribution is -2.67. The lowest BCUT2D eigenvalue weighted by Gasteiger charge is -2.44. The Kier molecular flexibility index (Phi) is 10.2. The number of esters is 4. The zero-order valence-electron chi connectivity index (χ0n) is 19.9. The van der Waals surface area contributed by atoms with Crippen molar-refractivity contribution in [2.45, 2.75) is 58.3 Å². The molecule has 13 heteroatoms. The van der Waals surface area contributed by atoms with E-state index in [1.165, 1.54) is 14.0 Å². The molecule has 1 aromatic rings. The second-order valence-corrected chi connectivity index (χ2v) is 7.86. The van der Waals surface area contributed by atoms with Crippen LogP contribution in [0.15, 0.2) is 24.3 Å². The van der Waals surface area contributed by atoms with Crippen LogP contribution in [0.2, 0.25) is 0 Å². The van der Waals surface area contributed by atoms with Crippen molar-refractivity contribution in [2.24, 2.45) is 0 Å². The largest absolute Gasteiger partial charge is 0.497 e. The Labute approximate surface area is 207 Å². The van der Waals surface area contributed by atoms with Crippen molar-refractivity contribution in [3.8, 4) is 5.75 Å². The SMILES string of the molecule is COc1ccc(NC(=S)NC2C(OC(C)=O)OC(COC(C)=O)C(OC(C)=O)C2OC(C)=O)cc1. The molecule has 0 amide bonds. The number of ether oxygens (including phenoxy) is 6. The summed E-state index contributed by atoms with van der Waals surface area (Å²) in [5, 5.41) is 5.92. The molecule has 0 saturated carbocycles. The number of nitrogens with one attached hydrogen (secondary N) is 2. The summed E-state index contributed by atoms with van der Waals surface area (Å²) in [7, 11) is 1.54. The normalized spacial score (nSPS) is 23.3. The van der Waals surface area contributed by atoms with Crippen LogP contribution in [0.4, 0.5) is 5.69 Å². The van der Waals surface area contributed by atoms with Gasteiger partial charge in [0.15, 0.2) is 17.3 Å². The van der Waals surface area contributed by atoms with Crippen LogP contribution in [0, 0.1) is 0 Å². The fourth-order valence-corrected chi connectivity index (χ4v) is 3.57. The Morgan fingerprint density at radius 1 is 0.886 bits per heavy atom. The Bertz CT molecular complexity index is 939. The second-order valence-electron chi connectivity index (χ2n) is 7.46. The monoisotopic (exact) mass is 512 g/mol. The molecule has 0 radical (unpaired) electrons. The van der Waals surface area contributed by atoms with Crippen molar-refractivity contribution < 1.29 is 47.6 Å². The summed E-state index contributed by atoms with van der Waals surface area (Å²) >= 11 is 5.39. The van der Waals surface area contributed by atoms with Crippen LogP contribution >= 0.6 is 12.2 Å². The van der Waals surface area contributed by atoms with Crippen LogP contribution in [0.5, 0.6) is 5.75 Å². The number of thiocarbonyl (C=S) groups is 1. The predicted molar refractivity (Wildman–Crippen MR) is 124 cm³/mol. The van der Waals surface area contributed by atoms with Crippen molar-refractivity contribution >= 4 is 46.9 Å².